The van der Waals surface area contributed by atoms with Gasteiger partial charge in [-0.1, -0.05) is 121 Å². The summed E-state index contributed by atoms with van der Waals surface area (Å²) in [6.45, 7) is 0.216. The van der Waals surface area contributed by atoms with Gasteiger partial charge in [0, 0.05) is 23.2 Å². The monoisotopic (exact) mass is 581 g/mol. The molecule has 1 heterocycles. The maximum absolute atomic E-state index is 12.4. The quantitative estimate of drug-likeness (QED) is 0.124. The van der Waals surface area contributed by atoms with Gasteiger partial charge in [0.05, 0.1) is 12.0 Å². The molecule has 1 aromatic heterocycles. The van der Waals surface area contributed by atoms with Crippen molar-refractivity contribution in [1.29, 1.82) is 0 Å². The number of allylic oxidation sites excluding steroid dienone is 1. The van der Waals surface area contributed by atoms with E-state index in [9.17, 15) is 8.42 Å². The highest BCUT2D eigenvalue weighted by atomic mass is 35.5. The van der Waals surface area contributed by atoms with E-state index >= 15 is 0 Å². The molecule has 1 N–H and O–H groups in total. The van der Waals surface area contributed by atoms with Crippen molar-refractivity contribution >= 4 is 21.6 Å². The van der Waals surface area contributed by atoms with Crippen LogP contribution < -0.4 is 4.72 Å². The minimum Gasteiger partial charge on any atom is -0.319 e. The van der Waals surface area contributed by atoms with Gasteiger partial charge in [0.15, 0.2) is 0 Å². The first-order valence-corrected chi connectivity index (χ1v) is 15.5. The second kappa shape index (κ2) is 13.1. The molecule has 41 heavy (non-hydrogen) atoms. The van der Waals surface area contributed by atoms with Crippen molar-refractivity contribution in [3.63, 3.8) is 0 Å². The molecule has 0 unspecified atom stereocenters. The van der Waals surface area contributed by atoms with Crippen molar-refractivity contribution in [1.82, 2.24) is 14.3 Å². The van der Waals surface area contributed by atoms with Gasteiger partial charge in [-0.2, -0.15) is 0 Å². The molecular weight excluding hydrogens is 550 g/mol. The predicted molar refractivity (Wildman–Crippen MR) is 166 cm³/mol. The Balaban J connectivity index is 1.31. The molecule has 0 fully saturated rings. The van der Waals surface area contributed by atoms with Gasteiger partial charge >= 0.3 is 0 Å². The van der Waals surface area contributed by atoms with Gasteiger partial charge in [-0.3, -0.25) is 0 Å². The van der Waals surface area contributed by atoms with E-state index in [1.54, 1.807) is 30.3 Å². The summed E-state index contributed by atoms with van der Waals surface area (Å²) in [6.07, 6.45) is 7.84. The molecule has 0 spiro atoms. The summed E-state index contributed by atoms with van der Waals surface area (Å²) < 4.78 is 29.6. The Morgan fingerprint density at radius 1 is 0.780 bits per heavy atom. The highest BCUT2D eigenvalue weighted by Gasteiger charge is 2.38. The standard InChI is InChI=1S/C34H32ClN3O2S/c35-32-22-20-28(21-23-32)25-37-41(39,40)24-12-4-11-19-33-26-38(27-36-33)34(29-13-5-1-6-14-29,30-15-7-2-8-16-30)31-17-9-3-10-18-31/h1-3,5-10,12-18,20-24,26-27,37H,4,11,19,25H2. The Labute approximate surface area is 247 Å². The van der Waals surface area contributed by atoms with E-state index in [-0.39, 0.29) is 6.54 Å². The van der Waals surface area contributed by atoms with Crippen LogP contribution in [0.5, 0.6) is 0 Å². The highest BCUT2D eigenvalue weighted by Crippen LogP contribution is 2.40. The summed E-state index contributed by atoms with van der Waals surface area (Å²) in [6, 6.07) is 38.5. The van der Waals surface area contributed by atoms with Crippen LogP contribution in [0.3, 0.4) is 0 Å². The van der Waals surface area contributed by atoms with Gasteiger partial charge in [0.2, 0.25) is 10.0 Å². The van der Waals surface area contributed by atoms with E-state index < -0.39 is 15.6 Å². The molecule has 4 aromatic carbocycles. The maximum Gasteiger partial charge on any atom is 0.233 e. The van der Waals surface area contributed by atoms with E-state index in [1.807, 2.05) is 24.5 Å². The first kappa shape index (κ1) is 28.6. The first-order chi connectivity index (χ1) is 20.0. The van der Waals surface area contributed by atoms with E-state index in [4.69, 9.17) is 16.6 Å². The number of sulfonamides is 1. The van der Waals surface area contributed by atoms with Crippen LogP contribution in [0.2, 0.25) is 5.02 Å². The second-order valence-electron chi connectivity index (χ2n) is 9.84. The lowest BCUT2D eigenvalue weighted by molar-refractivity contribution is 0.514. The number of nitrogens with one attached hydrogen (secondary N) is 1. The van der Waals surface area contributed by atoms with Crippen molar-refractivity contribution in [3.05, 3.63) is 172 Å². The van der Waals surface area contributed by atoms with Crippen LogP contribution >= 0.6 is 11.6 Å². The normalized spacial score (nSPS) is 12.1. The molecule has 208 valence electrons. The van der Waals surface area contributed by atoms with Crippen molar-refractivity contribution in [3.8, 4) is 0 Å². The van der Waals surface area contributed by atoms with Gasteiger partial charge in [-0.25, -0.2) is 18.1 Å². The van der Waals surface area contributed by atoms with Crippen LogP contribution in [0.4, 0.5) is 0 Å². The highest BCUT2D eigenvalue weighted by molar-refractivity contribution is 7.92. The Morgan fingerprint density at radius 3 is 1.85 bits per heavy atom. The minimum absolute atomic E-state index is 0.216. The number of aryl methyl sites for hydroxylation is 1. The summed E-state index contributed by atoms with van der Waals surface area (Å²) >= 11 is 5.90. The molecular formula is C34H32ClN3O2S. The Bertz CT molecular complexity index is 1570. The number of benzene rings is 4. The van der Waals surface area contributed by atoms with Crippen molar-refractivity contribution in [2.24, 2.45) is 0 Å². The number of imidazole rings is 1. The number of nitrogens with zero attached hydrogens (tertiary/aromatic N) is 2. The Kier molecular flexibility index (Phi) is 9.14. The van der Waals surface area contributed by atoms with E-state index in [0.29, 0.717) is 11.4 Å². The maximum atomic E-state index is 12.4. The van der Waals surface area contributed by atoms with E-state index in [1.165, 1.54) is 5.41 Å². The fourth-order valence-electron chi connectivity index (χ4n) is 5.09. The predicted octanol–water partition coefficient (Wildman–Crippen LogP) is 7.33. The number of hydrogen-bond donors (Lipinski definition) is 1. The van der Waals surface area contributed by atoms with Gasteiger partial charge in [0.25, 0.3) is 0 Å². The summed E-state index contributed by atoms with van der Waals surface area (Å²) in [4.78, 5) is 4.77. The van der Waals surface area contributed by atoms with Crippen LogP contribution in [-0.2, 0) is 28.5 Å². The zero-order chi connectivity index (χ0) is 28.5. The zero-order valence-corrected chi connectivity index (χ0v) is 24.2. The SMILES string of the molecule is O=S(=O)(C=CCCCc1cn(C(c2ccccc2)(c2ccccc2)c2ccccc2)cn1)NCc1ccc(Cl)cc1. The van der Waals surface area contributed by atoms with Gasteiger partial charge in [-0.15, -0.1) is 0 Å². The fourth-order valence-corrected chi connectivity index (χ4v) is 6.07. The molecule has 0 aliphatic heterocycles. The molecule has 5 aromatic rings. The summed E-state index contributed by atoms with van der Waals surface area (Å²) in [5, 5.41) is 1.86. The molecule has 0 atom stereocenters. The molecule has 7 heteroatoms. The number of halogens is 1. The molecule has 5 nitrogen and oxygen atoms in total. The van der Waals surface area contributed by atoms with Crippen LogP contribution in [0, 0.1) is 0 Å². The molecule has 0 saturated carbocycles. The third-order valence-corrected chi connectivity index (χ3v) is 8.42. The number of unbranched alkanes of at least 4 members (excludes halogenated alkanes) is 1. The average molecular weight is 582 g/mol. The molecule has 0 aliphatic rings. The smallest absolute Gasteiger partial charge is 0.233 e. The largest absolute Gasteiger partial charge is 0.319 e. The number of hydrogen-bond acceptors (Lipinski definition) is 3. The molecule has 5 rings (SSSR count). The lowest BCUT2D eigenvalue weighted by atomic mass is 9.77. The summed E-state index contributed by atoms with van der Waals surface area (Å²) in [5.41, 5.74) is 4.62. The zero-order valence-electron chi connectivity index (χ0n) is 22.6. The van der Waals surface area contributed by atoms with Gasteiger partial charge in [-0.05, 0) is 53.6 Å². The van der Waals surface area contributed by atoms with Gasteiger partial charge < -0.3 is 4.57 Å². The van der Waals surface area contributed by atoms with E-state index in [2.05, 4.69) is 88.3 Å². The molecule has 0 saturated heterocycles. The molecule has 0 aliphatic carbocycles. The van der Waals surface area contributed by atoms with Crippen LogP contribution in [0.1, 0.15) is 40.8 Å². The number of rotatable bonds is 12. The molecule has 0 amide bonds. The lowest BCUT2D eigenvalue weighted by Crippen LogP contribution is -2.36. The summed E-state index contributed by atoms with van der Waals surface area (Å²) in [5.74, 6) is 0. The lowest BCUT2D eigenvalue weighted by Gasteiger charge is -2.37. The minimum atomic E-state index is -3.53. The van der Waals surface area contributed by atoms with Crippen molar-refractivity contribution in [2.45, 2.75) is 31.3 Å². The second-order valence-corrected chi connectivity index (χ2v) is 11.9. The van der Waals surface area contributed by atoms with Crippen molar-refractivity contribution < 1.29 is 8.42 Å². The van der Waals surface area contributed by atoms with Crippen LogP contribution in [0.15, 0.2) is 139 Å². The Morgan fingerprint density at radius 2 is 1.32 bits per heavy atom. The molecule has 0 radical (unpaired) electrons. The average Bonchev–Trinajstić information content (AvgIpc) is 3.48. The molecule has 0 bridgehead atoms. The van der Waals surface area contributed by atoms with E-state index in [0.717, 1.165) is 40.8 Å². The van der Waals surface area contributed by atoms with Crippen LogP contribution in [-0.4, -0.2) is 18.0 Å². The van der Waals surface area contributed by atoms with Gasteiger partial charge in [0.1, 0.15) is 5.54 Å². The van der Waals surface area contributed by atoms with Crippen LogP contribution in [0.25, 0.3) is 0 Å². The first-order valence-electron chi connectivity index (χ1n) is 13.6. The summed E-state index contributed by atoms with van der Waals surface area (Å²) in [7, 11) is -3.53. The topological polar surface area (TPSA) is 64.0 Å². The third kappa shape index (κ3) is 6.85. The third-order valence-electron chi connectivity index (χ3n) is 7.07. The fraction of sp³-hybridized carbons (Fsp3) is 0.147. The van der Waals surface area contributed by atoms with Crippen molar-refractivity contribution in [2.75, 3.05) is 0 Å². The number of aromatic nitrogens is 2. The Hall–Kier alpha value is -3.97.